The smallest absolute Gasteiger partial charge is 0.246 e. The van der Waals surface area contributed by atoms with Gasteiger partial charge in [0.25, 0.3) is 0 Å². The van der Waals surface area contributed by atoms with E-state index in [1.165, 1.54) is 30.4 Å². The molecule has 0 aromatic heterocycles. The largest absolute Gasteiger partial charge is 0.399 e. The van der Waals surface area contributed by atoms with Crippen molar-refractivity contribution in [2.24, 2.45) is 0 Å². The van der Waals surface area contributed by atoms with Crippen molar-refractivity contribution in [3.05, 3.63) is 23.5 Å². The van der Waals surface area contributed by atoms with Gasteiger partial charge in [-0.25, -0.2) is 12.8 Å². The number of rotatable bonds is 6. The van der Waals surface area contributed by atoms with E-state index < -0.39 is 15.8 Å². The highest BCUT2D eigenvalue weighted by Gasteiger charge is 2.30. The molecule has 0 aliphatic rings. The summed E-state index contributed by atoms with van der Waals surface area (Å²) in [6.45, 7) is 3.41. The summed E-state index contributed by atoms with van der Waals surface area (Å²) in [4.78, 5) is -0.350. The van der Waals surface area contributed by atoms with Crippen LogP contribution in [0.5, 0.6) is 0 Å². The van der Waals surface area contributed by atoms with Crippen LogP contribution in [0.3, 0.4) is 0 Å². The van der Waals surface area contributed by atoms with Gasteiger partial charge in [-0.3, -0.25) is 0 Å². The van der Waals surface area contributed by atoms with E-state index in [9.17, 15) is 12.8 Å². The zero-order chi connectivity index (χ0) is 15.5. The number of hydrogen-bond donors (Lipinski definition) is 1. The molecule has 0 aliphatic heterocycles. The van der Waals surface area contributed by atoms with E-state index in [0.717, 1.165) is 0 Å². The molecule has 0 amide bonds. The van der Waals surface area contributed by atoms with Crippen LogP contribution in [0.25, 0.3) is 0 Å². The van der Waals surface area contributed by atoms with Crippen LogP contribution in [-0.2, 0) is 10.0 Å². The summed E-state index contributed by atoms with van der Waals surface area (Å²) in [6.07, 6.45) is 2.58. The fourth-order valence-electron chi connectivity index (χ4n) is 1.98. The number of anilines is 1. The minimum absolute atomic E-state index is 0.170. The number of halogens is 1. The first-order chi connectivity index (χ1) is 9.25. The minimum atomic E-state index is -3.88. The molecule has 1 aromatic rings. The monoisotopic (exact) mass is 320 g/mol. The van der Waals surface area contributed by atoms with Gasteiger partial charge in [-0.15, -0.1) is 0 Å². The standard InChI is InChI=1S/C13H21FN2O2S2/c1-5-11(8-19-4)16(3)20(17,18)12-7-10(15)6-9(2)13(12)14/h6-7,11H,5,8,15H2,1-4H3. The van der Waals surface area contributed by atoms with Crippen LogP contribution in [0.15, 0.2) is 17.0 Å². The van der Waals surface area contributed by atoms with Gasteiger partial charge >= 0.3 is 0 Å². The lowest BCUT2D eigenvalue weighted by atomic mass is 10.2. The topological polar surface area (TPSA) is 63.4 Å². The minimum Gasteiger partial charge on any atom is -0.399 e. The molecule has 20 heavy (non-hydrogen) atoms. The predicted molar refractivity (Wildman–Crippen MR) is 83.0 cm³/mol. The maximum atomic E-state index is 14.1. The Hall–Kier alpha value is -0.790. The van der Waals surface area contributed by atoms with Crippen molar-refractivity contribution < 1.29 is 12.8 Å². The summed E-state index contributed by atoms with van der Waals surface area (Å²) >= 11 is 1.56. The quantitative estimate of drug-likeness (QED) is 0.818. The highest BCUT2D eigenvalue weighted by Crippen LogP contribution is 2.26. The predicted octanol–water partition coefficient (Wildman–Crippen LogP) is 2.48. The van der Waals surface area contributed by atoms with Gasteiger partial charge in [-0.05, 0) is 37.3 Å². The Labute approximate surface area is 124 Å². The average molecular weight is 320 g/mol. The molecule has 7 heteroatoms. The van der Waals surface area contributed by atoms with E-state index in [4.69, 9.17) is 5.73 Å². The second-order valence-corrected chi connectivity index (χ2v) is 7.57. The number of benzene rings is 1. The lowest BCUT2D eigenvalue weighted by Crippen LogP contribution is -2.38. The summed E-state index contributed by atoms with van der Waals surface area (Å²) in [7, 11) is -2.40. The molecule has 0 spiro atoms. The summed E-state index contributed by atoms with van der Waals surface area (Å²) in [5.41, 5.74) is 6.11. The third-order valence-electron chi connectivity index (χ3n) is 3.25. The molecule has 114 valence electrons. The summed E-state index contributed by atoms with van der Waals surface area (Å²) in [5.74, 6) is -0.0696. The van der Waals surface area contributed by atoms with Gasteiger partial charge in [0.1, 0.15) is 10.7 Å². The average Bonchev–Trinajstić information content (AvgIpc) is 2.39. The molecule has 0 fully saturated rings. The molecular formula is C13H21FN2O2S2. The first kappa shape index (κ1) is 17.3. The molecule has 0 radical (unpaired) electrons. The van der Waals surface area contributed by atoms with Crippen LogP contribution in [-0.4, -0.2) is 37.8 Å². The van der Waals surface area contributed by atoms with E-state index in [-0.39, 0.29) is 22.2 Å². The Morgan fingerprint density at radius 2 is 2.05 bits per heavy atom. The fraction of sp³-hybridized carbons (Fsp3) is 0.538. The van der Waals surface area contributed by atoms with Gasteiger partial charge < -0.3 is 5.73 Å². The second kappa shape index (κ2) is 6.78. The molecule has 0 heterocycles. The maximum Gasteiger partial charge on any atom is 0.246 e. The highest BCUT2D eigenvalue weighted by atomic mass is 32.2. The molecule has 1 rings (SSSR count). The van der Waals surface area contributed by atoms with Gasteiger partial charge in [-0.2, -0.15) is 16.1 Å². The lowest BCUT2D eigenvalue weighted by molar-refractivity contribution is 0.383. The van der Waals surface area contributed by atoms with Gasteiger partial charge in [0.2, 0.25) is 10.0 Å². The third-order valence-corrected chi connectivity index (χ3v) is 5.87. The van der Waals surface area contributed by atoms with Crippen LogP contribution >= 0.6 is 11.8 Å². The molecule has 4 nitrogen and oxygen atoms in total. The zero-order valence-electron chi connectivity index (χ0n) is 12.2. The van der Waals surface area contributed by atoms with Crippen LogP contribution in [0.4, 0.5) is 10.1 Å². The molecule has 2 N–H and O–H groups in total. The lowest BCUT2D eigenvalue weighted by Gasteiger charge is -2.26. The number of sulfonamides is 1. The number of thioether (sulfide) groups is 1. The number of nitrogen functional groups attached to an aromatic ring is 1. The molecular weight excluding hydrogens is 299 g/mol. The molecule has 1 atom stereocenters. The maximum absolute atomic E-state index is 14.1. The van der Waals surface area contributed by atoms with E-state index in [2.05, 4.69) is 0 Å². The SMILES string of the molecule is CCC(CSC)N(C)S(=O)(=O)c1cc(N)cc(C)c1F. The van der Waals surface area contributed by atoms with Gasteiger partial charge in [0.15, 0.2) is 0 Å². The van der Waals surface area contributed by atoms with Crippen molar-refractivity contribution >= 4 is 27.5 Å². The van der Waals surface area contributed by atoms with E-state index in [1.807, 2.05) is 13.2 Å². The molecule has 1 aromatic carbocycles. The number of aryl methyl sites for hydroxylation is 1. The van der Waals surface area contributed by atoms with Crippen LogP contribution in [0.1, 0.15) is 18.9 Å². The molecule has 0 saturated heterocycles. The third kappa shape index (κ3) is 3.45. The van der Waals surface area contributed by atoms with Crippen LogP contribution in [0, 0.1) is 12.7 Å². The van der Waals surface area contributed by atoms with Gasteiger partial charge in [0, 0.05) is 24.5 Å². The second-order valence-electron chi connectivity index (χ2n) is 4.69. The molecule has 1 unspecified atom stereocenters. The van der Waals surface area contributed by atoms with E-state index in [1.54, 1.807) is 11.8 Å². The van der Waals surface area contributed by atoms with Crippen LogP contribution in [0.2, 0.25) is 0 Å². The van der Waals surface area contributed by atoms with Crippen LogP contribution < -0.4 is 5.73 Å². The van der Waals surface area contributed by atoms with Crippen molar-refractivity contribution in [1.82, 2.24) is 4.31 Å². The summed E-state index contributed by atoms with van der Waals surface area (Å²) in [6, 6.07) is 2.43. The first-order valence-electron chi connectivity index (χ1n) is 6.28. The first-order valence-corrected chi connectivity index (χ1v) is 9.11. The van der Waals surface area contributed by atoms with Gasteiger partial charge in [-0.1, -0.05) is 6.92 Å². The van der Waals surface area contributed by atoms with Gasteiger partial charge in [0.05, 0.1) is 0 Å². The molecule has 0 aliphatic carbocycles. The Bertz CT molecular complexity index is 576. The Kier molecular flexibility index (Phi) is 5.85. The van der Waals surface area contributed by atoms with Crippen molar-refractivity contribution in [3.63, 3.8) is 0 Å². The van der Waals surface area contributed by atoms with Crippen molar-refractivity contribution in [1.29, 1.82) is 0 Å². The van der Waals surface area contributed by atoms with Crippen molar-refractivity contribution in [3.8, 4) is 0 Å². The Morgan fingerprint density at radius 3 is 2.55 bits per heavy atom. The van der Waals surface area contributed by atoms with E-state index in [0.29, 0.717) is 12.2 Å². The number of hydrogen-bond acceptors (Lipinski definition) is 4. The summed E-state index contributed by atoms with van der Waals surface area (Å²) < 4.78 is 40.5. The Morgan fingerprint density at radius 1 is 1.45 bits per heavy atom. The molecule has 0 saturated carbocycles. The summed E-state index contributed by atoms with van der Waals surface area (Å²) in [5, 5.41) is 0. The highest BCUT2D eigenvalue weighted by molar-refractivity contribution is 7.98. The number of nitrogens with zero attached hydrogens (tertiary/aromatic N) is 1. The fourth-order valence-corrected chi connectivity index (χ4v) is 4.51. The van der Waals surface area contributed by atoms with Crippen molar-refractivity contribution in [2.75, 3.05) is 24.8 Å². The van der Waals surface area contributed by atoms with Crippen molar-refractivity contribution in [2.45, 2.75) is 31.2 Å². The molecule has 0 bridgehead atoms. The Balaban J connectivity index is 3.29. The van der Waals surface area contributed by atoms with E-state index >= 15 is 0 Å². The normalized spacial score (nSPS) is 13.7. The number of nitrogens with two attached hydrogens (primary N) is 1. The zero-order valence-corrected chi connectivity index (χ0v) is 13.8.